The van der Waals surface area contributed by atoms with Crippen molar-refractivity contribution in [2.75, 3.05) is 25.6 Å². The van der Waals surface area contributed by atoms with Crippen molar-refractivity contribution in [2.24, 2.45) is 0 Å². The van der Waals surface area contributed by atoms with Gasteiger partial charge in [0.15, 0.2) is 0 Å². The molecule has 1 aromatic heterocycles. The molecule has 0 spiro atoms. The van der Waals surface area contributed by atoms with E-state index < -0.39 is 0 Å². The Morgan fingerprint density at radius 1 is 1.33 bits per heavy atom. The van der Waals surface area contributed by atoms with Gasteiger partial charge in [0.05, 0.1) is 12.8 Å². The van der Waals surface area contributed by atoms with E-state index in [1.807, 2.05) is 22.9 Å². The zero-order valence-electron chi connectivity index (χ0n) is 13.8. The first-order chi connectivity index (χ1) is 11.8. The largest absolute Gasteiger partial charge is 0.494 e. The first-order valence-electron chi connectivity index (χ1n) is 8.59. The number of methoxy groups -OCH3 is 1. The number of hydrogen-bond acceptors (Lipinski definition) is 4. The van der Waals surface area contributed by atoms with E-state index in [-0.39, 0.29) is 6.10 Å². The first-order valence-corrected chi connectivity index (χ1v) is 8.97. The van der Waals surface area contributed by atoms with Gasteiger partial charge in [0.1, 0.15) is 23.4 Å². The Morgan fingerprint density at radius 2 is 2.25 bits per heavy atom. The van der Waals surface area contributed by atoms with Crippen molar-refractivity contribution in [1.82, 2.24) is 9.78 Å². The minimum atomic E-state index is 0.102. The highest BCUT2D eigenvalue weighted by molar-refractivity contribution is 6.30. The van der Waals surface area contributed by atoms with Crippen LogP contribution in [0, 0.1) is 0 Å². The number of anilines is 1. The second-order valence-corrected chi connectivity index (χ2v) is 6.76. The maximum atomic E-state index is 6.23. The Kier molecular flexibility index (Phi) is 4.37. The molecule has 1 N–H and O–H groups in total. The number of halogens is 1. The van der Waals surface area contributed by atoms with Gasteiger partial charge in [-0.2, -0.15) is 5.10 Å². The standard InChI is InChI=1S/C18H22ClN3O2/c1-23-15-8-7-12(19)11-14(15)22-18-13(5-2-3-9-20-18)17(21-22)16-6-4-10-24-16/h7-8,11,16,20H,2-6,9-10H2,1H3. The summed E-state index contributed by atoms with van der Waals surface area (Å²) in [7, 11) is 1.67. The van der Waals surface area contributed by atoms with Crippen LogP contribution in [0.3, 0.4) is 0 Å². The summed E-state index contributed by atoms with van der Waals surface area (Å²) in [6.45, 7) is 1.77. The quantitative estimate of drug-likeness (QED) is 0.906. The molecule has 1 atom stereocenters. The molecule has 0 amide bonds. The van der Waals surface area contributed by atoms with E-state index >= 15 is 0 Å². The molecule has 24 heavy (non-hydrogen) atoms. The van der Waals surface area contributed by atoms with Gasteiger partial charge in [-0.05, 0) is 50.3 Å². The van der Waals surface area contributed by atoms with Crippen molar-refractivity contribution in [2.45, 2.75) is 38.2 Å². The maximum absolute atomic E-state index is 6.23. The molecule has 2 aliphatic heterocycles. The average Bonchev–Trinajstić information content (AvgIpc) is 3.17. The summed E-state index contributed by atoms with van der Waals surface area (Å²) in [6, 6.07) is 5.62. The van der Waals surface area contributed by atoms with Crippen molar-refractivity contribution < 1.29 is 9.47 Å². The van der Waals surface area contributed by atoms with Crippen LogP contribution in [0.4, 0.5) is 5.82 Å². The lowest BCUT2D eigenvalue weighted by Gasteiger charge is -2.13. The highest BCUT2D eigenvalue weighted by atomic mass is 35.5. The SMILES string of the molecule is COc1ccc(Cl)cc1-n1nc(C2CCCO2)c2c1NCCCC2. The summed E-state index contributed by atoms with van der Waals surface area (Å²) >= 11 is 6.23. The molecule has 1 aromatic carbocycles. The minimum absolute atomic E-state index is 0.102. The van der Waals surface area contributed by atoms with E-state index in [0.29, 0.717) is 5.02 Å². The second kappa shape index (κ2) is 6.65. The van der Waals surface area contributed by atoms with Crippen molar-refractivity contribution in [3.05, 3.63) is 34.5 Å². The van der Waals surface area contributed by atoms with Gasteiger partial charge in [0, 0.05) is 23.7 Å². The summed E-state index contributed by atoms with van der Waals surface area (Å²) in [6.07, 6.45) is 5.59. The molecule has 1 fully saturated rings. The molecule has 1 unspecified atom stereocenters. The molecule has 1 saturated heterocycles. The van der Waals surface area contributed by atoms with E-state index in [1.165, 1.54) is 5.56 Å². The molecule has 0 radical (unpaired) electrons. The molecule has 2 aliphatic rings. The van der Waals surface area contributed by atoms with Gasteiger partial charge < -0.3 is 14.8 Å². The predicted molar refractivity (Wildman–Crippen MR) is 94.5 cm³/mol. The van der Waals surface area contributed by atoms with Crippen LogP contribution >= 0.6 is 11.6 Å². The topological polar surface area (TPSA) is 48.3 Å². The zero-order chi connectivity index (χ0) is 16.5. The fraction of sp³-hybridized carbons (Fsp3) is 0.500. The van der Waals surface area contributed by atoms with Gasteiger partial charge in [-0.1, -0.05) is 11.6 Å². The first kappa shape index (κ1) is 15.8. The monoisotopic (exact) mass is 347 g/mol. The number of aromatic nitrogens is 2. The van der Waals surface area contributed by atoms with Crippen LogP contribution < -0.4 is 10.1 Å². The molecule has 4 rings (SSSR count). The Labute approximate surface area is 146 Å². The van der Waals surface area contributed by atoms with E-state index in [9.17, 15) is 0 Å². The van der Waals surface area contributed by atoms with Gasteiger partial charge in [-0.25, -0.2) is 4.68 Å². The van der Waals surface area contributed by atoms with Crippen LogP contribution in [0.5, 0.6) is 5.75 Å². The van der Waals surface area contributed by atoms with Gasteiger partial charge in [-0.15, -0.1) is 0 Å². The normalized spacial score (nSPS) is 20.3. The van der Waals surface area contributed by atoms with E-state index in [4.69, 9.17) is 26.2 Å². The van der Waals surface area contributed by atoms with Crippen LogP contribution in [0.1, 0.15) is 43.0 Å². The number of benzene rings is 1. The van der Waals surface area contributed by atoms with Crippen LogP contribution in [-0.2, 0) is 11.2 Å². The molecule has 2 aromatic rings. The molecule has 0 bridgehead atoms. The number of nitrogens with one attached hydrogen (secondary N) is 1. The lowest BCUT2D eigenvalue weighted by atomic mass is 10.0. The summed E-state index contributed by atoms with van der Waals surface area (Å²) in [5.74, 6) is 1.81. The Balaban J connectivity index is 1.87. The van der Waals surface area contributed by atoms with E-state index in [2.05, 4.69) is 5.32 Å². The summed E-state index contributed by atoms with van der Waals surface area (Å²) < 4.78 is 13.4. The molecular formula is C18H22ClN3O2. The lowest BCUT2D eigenvalue weighted by molar-refractivity contribution is 0.107. The van der Waals surface area contributed by atoms with Crippen LogP contribution in [-0.4, -0.2) is 30.0 Å². The molecule has 0 saturated carbocycles. The predicted octanol–water partition coefficient (Wildman–Crippen LogP) is 4.13. The number of hydrogen-bond donors (Lipinski definition) is 1. The number of nitrogens with zero attached hydrogens (tertiary/aromatic N) is 2. The third-order valence-corrected chi connectivity index (χ3v) is 5.00. The van der Waals surface area contributed by atoms with Crippen molar-refractivity contribution in [3.8, 4) is 11.4 Å². The van der Waals surface area contributed by atoms with Gasteiger partial charge in [-0.3, -0.25) is 0 Å². The molecule has 5 nitrogen and oxygen atoms in total. The third-order valence-electron chi connectivity index (χ3n) is 4.76. The number of rotatable bonds is 3. The van der Waals surface area contributed by atoms with Gasteiger partial charge >= 0.3 is 0 Å². The van der Waals surface area contributed by atoms with Crippen LogP contribution in [0.2, 0.25) is 5.02 Å². The minimum Gasteiger partial charge on any atom is -0.494 e. The summed E-state index contributed by atoms with van der Waals surface area (Å²) in [4.78, 5) is 0. The summed E-state index contributed by atoms with van der Waals surface area (Å²) in [5.41, 5.74) is 3.21. The van der Waals surface area contributed by atoms with Crippen molar-refractivity contribution in [3.63, 3.8) is 0 Å². The molecule has 128 valence electrons. The Bertz CT molecular complexity index is 738. The van der Waals surface area contributed by atoms with Gasteiger partial charge in [0.2, 0.25) is 0 Å². The van der Waals surface area contributed by atoms with Crippen molar-refractivity contribution >= 4 is 17.4 Å². The van der Waals surface area contributed by atoms with Crippen LogP contribution in [0.25, 0.3) is 5.69 Å². The lowest BCUT2D eigenvalue weighted by Crippen LogP contribution is -2.08. The molecule has 0 aliphatic carbocycles. The van der Waals surface area contributed by atoms with Crippen molar-refractivity contribution in [1.29, 1.82) is 0 Å². The maximum Gasteiger partial charge on any atom is 0.144 e. The third kappa shape index (κ3) is 2.76. The van der Waals surface area contributed by atoms with Crippen LogP contribution in [0.15, 0.2) is 18.2 Å². The highest BCUT2D eigenvalue weighted by Gasteiger charge is 2.29. The Hall–Kier alpha value is -1.72. The molecular weight excluding hydrogens is 326 g/mol. The Morgan fingerprint density at radius 3 is 3.04 bits per heavy atom. The van der Waals surface area contributed by atoms with E-state index in [1.54, 1.807) is 7.11 Å². The highest BCUT2D eigenvalue weighted by Crippen LogP contribution is 2.38. The fourth-order valence-electron chi connectivity index (χ4n) is 3.58. The molecule has 3 heterocycles. The number of ether oxygens (including phenoxy) is 2. The zero-order valence-corrected chi connectivity index (χ0v) is 14.6. The number of fused-ring (bicyclic) bond motifs is 1. The smallest absolute Gasteiger partial charge is 0.144 e. The summed E-state index contributed by atoms with van der Waals surface area (Å²) in [5, 5.41) is 9.15. The second-order valence-electron chi connectivity index (χ2n) is 6.33. The fourth-order valence-corrected chi connectivity index (χ4v) is 3.75. The average molecular weight is 348 g/mol. The van der Waals surface area contributed by atoms with E-state index in [0.717, 1.165) is 68.2 Å². The molecule has 6 heteroatoms. The van der Waals surface area contributed by atoms with Gasteiger partial charge in [0.25, 0.3) is 0 Å².